The van der Waals surface area contributed by atoms with Crippen LogP contribution in [-0.2, 0) is 6.18 Å². The zero-order valence-electron chi connectivity index (χ0n) is 16.3. The van der Waals surface area contributed by atoms with E-state index >= 15 is 0 Å². The number of aromatic nitrogens is 2. The number of likely N-dealkylation sites (tertiary alicyclic amines) is 1. The van der Waals surface area contributed by atoms with Crippen LogP contribution in [0.1, 0.15) is 25.5 Å². The second kappa shape index (κ2) is 10.3. The van der Waals surface area contributed by atoms with Crippen LogP contribution in [-0.4, -0.2) is 66.6 Å². The van der Waals surface area contributed by atoms with Gasteiger partial charge in [-0.3, -0.25) is 9.89 Å². The van der Waals surface area contributed by atoms with Gasteiger partial charge >= 0.3 is 6.18 Å². The molecular formula is C18H28F3N7. The van der Waals surface area contributed by atoms with Crippen LogP contribution in [0.25, 0.3) is 0 Å². The second-order valence-electron chi connectivity index (χ2n) is 6.84. The predicted octanol–water partition coefficient (Wildman–Crippen LogP) is 2.11. The maximum atomic E-state index is 12.7. The van der Waals surface area contributed by atoms with Gasteiger partial charge in [0.2, 0.25) is 5.95 Å². The van der Waals surface area contributed by atoms with Crippen molar-refractivity contribution < 1.29 is 13.2 Å². The van der Waals surface area contributed by atoms with E-state index in [0.29, 0.717) is 25.1 Å². The Balaban J connectivity index is 1.70. The highest BCUT2D eigenvalue weighted by atomic mass is 19.4. The molecule has 1 aliphatic heterocycles. The van der Waals surface area contributed by atoms with Gasteiger partial charge in [0, 0.05) is 52.0 Å². The number of guanidine groups is 1. The normalized spacial score (nSPS) is 16.7. The molecule has 2 rings (SSSR count). The monoisotopic (exact) mass is 399 g/mol. The Kier molecular flexibility index (Phi) is 8.04. The Labute approximate surface area is 163 Å². The Bertz CT molecular complexity index is 667. The highest BCUT2D eigenvalue weighted by molar-refractivity contribution is 5.80. The average Bonchev–Trinajstić information content (AvgIpc) is 2.65. The molecule has 1 aliphatic rings. The lowest BCUT2D eigenvalue weighted by atomic mass is 10.0. The molecule has 0 atom stereocenters. The van der Waals surface area contributed by atoms with E-state index in [-0.39, 0.29) is 5.95 Å². The molecule has 7 nitrogen and oxygen atoms in total. The van der Waals surface area contributed by atoms with Gasteiger partial charge in [-0.25, -0.2) is 9.97 Å². The first-order valence-electron chi connectivity index (χ1n) is 9.26. The molecule has 1 aromatic rings. The van der Waals surface area contributed by atoms with E-state index < -0.39 is 11.9 Å². The van der Waals surface area contributed by atoms with E-state index in [2.05, 4.69) is 42.4 Å². The molecule has 2 heterocycles. The Morgan fingerprint density at radius 2 is 2.04 bits per heavy atom. The number of hydrogen-bond acceptors (Lipinski definition) is 5. The van der Waals surface area contributed by atoms with Crippen LogP contribution in [0.2, 0.25) is 0 Å². The maximum absolute atomic E-state index is 12.7. The van der Waals surface area contributed by atoms with Crippen molar-refractivity contribution in [3.63, 3.8) is 0 Å². The van der Waals surface area contributed by atoms with Crippen LogP contribution >= 0.6 is 0 Å². The minimum absolute atomic E-state index is 0.0514. The smallest absolute Gasteiger partial charge is 0.355 e. The number of halogens is 3. The van der Waals surface area contributed by atoms with Crippen molar-refractivity contribution in [3.05, 3.63) is 30.1 Å². The summed E-state index contributed by atoms with van der Waals surface area (Å²) in [5, 5.41) is 9.32. The fraction of sp³-hybridized carbons (Fsp3) is 0.611. The molecular weight excluding hydrogens is 371 g/mol. The van der Waals surface area contributed by atoms with Crippen molar-refractivity contribution in [1.82, 2.24) is 25.5 Å². The molecule has 0 unspecified atom stereocenters. The highest BCUT2D eigenvalue weighted by Crippen LogP contribution is 2.27. The molecule has 3 N–H and O–H groups in total. The summed E-state index contributed by atoms with van der Waals surface area (Å²) in [5.41, 5.74) is 0.203. The molecule has 0 aliphatic carbocycles. The lowest BCUT2D eigenvalue weighted by Gasteiger charge is -2.33. The largest absolute Gasteiger partial charge is 0.433 e. The lowest BCUT2D eigenvalue weighted by Crippen LogP contribution is -2.49. The molecule has 0 saturated carbocycles. The molecule has 1 fully saturated rings. The molecule has 1 aromatic heterocycles. The maximum Gasteiger partial charge on any atom is 0.433 e. The van der Waals surface area contributed by atoms with Gasteiger partial charge < -0.3 is 16.0 Å². The second-order valence-corrected chi connectivity index (χ2v) is 6.84. The van der Waals surface area contributed by atoms with E-state index in [1.165, 1.54) is 5.57 Å². The quantitative estimate of drug-likeness (QED) is 0.282. The highest BCUT2D eigenvalue weighted by Gasteiger charge is 2.32. The summed E-state index contributed by atoms with van der Waals surface area (Å²) >= 11 is 0. The zero-order chi connectivity index (χ0) is 20.6. The number of nitrogens with zero attached hydrogens (tertiary/aromatic N) is 4. The van der Waals surface area contributed by atoms with E-state index in [9.17, 15) is 13.2 Å². The van der Waals surface area contributed by atoms with Gasteiger partial charge in [0.05, 0.1) is 0 Å². The van der Waals surface area contributed by atoms with Gasteiger partial charge in [0.25, 0.3) is 0 Å². The summed E-state index contributed by atoms with van der Waals surface area (Å²) in [5.74, 6) is 0.620. The zero-order valence-corrected chi connectivity index (χ0v) is 16.3. The number of aliphatic imine (C=N–C) groups is 1. The third kappa shape index (κ3) is 7.34. The summed E-state index contributed by atoms with van der Waals surface area (Å²) in [6, 6.07) is 1.18. The van der Waals surface area contributed by atoms with Gasteiger partial charge in [-0.15, -0.1) is 0 Å². The third-order valence-electron chi connectivity index (χ3n) is 4.29. The molecule has 0 amide bonds. The predicted molar refractivity (Wildman–Crippen MR) is 104 cm³/mol. The molecule has 156 valence electrons. The van der Waals surface area contributed by atoms with Crippen molar-refractivity contribution in [2.45, 2.75) is 32.0 Å². The van der Waals surface area contributed by atoms with Crippen LogP contribution < -0.4 is 16.0 Å². The number of anilines is 1. The SMILES string of the molecule is C=C(C)CN1CCC(NC(=NC)NCCNc2nccc(C(F)(F)F)n2)CC1. The van der Waals surface area contributed by atoms with Crippen LogP contribution in [0.15, 0.2) is 29.4 Å². The van der Waals surface area contributed by atoms with Crippen molar-refractivity contribution >= 4 is 11.9 Å². The summed E-state index contributed by atoms with van der Waals surface area (Å²) in [4.78, 5) is 13.9. The molecule has 10 heteroatoms. The number of alkyl halides is 3. The van der Waals surface area contributed by atoms with Crippen molar-refractivity contribution in [2.75, 3.05) is 45.1 Å². The van der Waals surface area contributed by atoms with E-state index in [0.717, 1.165) is 44.7 Å². The Hall–Kier alpha value is -2.36. The van der Waals surface area contributed by atoms with Crippen molar-refractivity contribution in [2.24, 2.45) is 4.99 Å². The van der Waals surface area contributed by atoms with Crippen molar-refractivity contribution in [1.29, 1.82) is 0 Å². The molecule has 28 heavy (non-hydrogen) atoms. The standard InChI is InChI=1S/C18H28F3N7/c1-13(2)12-28-10-5-14(6-11-28)26-16(22-3)24-8-9-25-17-23-7-4-15(27-17)18(19,20)21/h4,7,14H,1,5-6,8-12H2,2-3H3,(H2,22,24,26)(H,23,25,27). The third-order valence-corrected chi connectivity index (χ3v) is 4.29. The molecule has 0 bridgehead atoms. The first kappa shape index (κ1) is 21.9. The van der Waals surface area contributed by atoms with E-state index in [1.54, 1.807) is 7.05 Å². The summed E-state index contributed by atoms with van der Waals surface area (Å²) in [7, 11) is 1.69. The van der Waals surface area contributed by atoms with Gasteiger partial charge in [0.15, 0.2) is 5.96 Å². The number of piperidine rings is 1. The van der Waals surface area contributed by atoms with E-state index in [1.807, 2.05) is 6.92 Å². The van der Waals surface area contributed by atoms with Crippen LogP contribution in [0.4, 0.5) is 19.1 Å². The van der Waals surface area contributed by atoms with Gasteiger partial charge in [-0.2, -0.15) is 13.2 Å². The minimum Gasteiger partial charge on any atom is -0.355 e. The number of rotatable bonds is 7. The van der Waals surface area contributed by atoms with Gasteiger partial charge in [-0.05, 0) is 25.8 Å². The van der Waals surface area contributed by atoms with Gasteiger partial charge in [0.1, 0.15) is 5.69 Å². The molecule has 0 spiro atoms. The summed E-state index contributed by atoms with van der Waals surface area (Å²) in [6.07, 6.45) is -1.36. The van der Waals surface area contributed by atoms with Crippen LogP contribution in [0, 0.1) is 0 Å². The first-order valence-corrected chi connectivity index (χ1v) is 9.26. The Morgan fingerprint density at radius 1 is 1.32 bits per heavy atom. The first-order chi connectivity index (χ1) is 13.3. The van der Waals surface area contributed by atoms with Crippen molar-refractivity contribution in [3.8, 4) is 0 Å². The minimum atomic E-state index is -4.48. The van der Waals surface area contributed by atoms with Crippen LogP contribution in [0.5, 0.6) is 0 Å². The number of hydrogen-bond donors (Lipinski definition) is 3. The topological polar surface area (TPSA) is 77.5 Å². The van der Waals surface area contributed by atoms with Gasteiger partial charge in [-0.1, -0.05) is 12.2 Å². The number of nitrogens with one attached hydrogen (secondary N) is 3. The summed E-state index contributed by atoms with van der Waals surface area (Å²) < 4.78 is 38.0. The Morgan fingerprint density at radius 3 is 2.64 bits per heavy atom. The summed E-state index contributed by atoms with van der Waals surface area (Å²) in [6.45, 7) is 9.77. The van der Waals surface area contributed by atoms with E-state index in [4.69, 9.17) is 0 Å². The molecule has 0 aromatic carbocycles. The molecule has 1 saturated heterocycles. The average molecular weight is 399 g/mol. The lowest BCUT2D eigenvalue weighted by molar-refractivity contribution is -0.141. The van der Waals surface area contributed by atoms with Crippen LogP contribution in [0.3, 0.4) is 0 Å². The molecule has 0 radical (unpaired) electrons. The fourth-order valence-corrected chi connectivity index (χ4v) is 2.96. The fourth-order valence-electron chi connectivity index (χ4n) is 2.96.